The van der Waals surface area contributed by atoms with Crippen LogP contribution in [0.3, 0.4) is 0 Å². The van der Waals surface area contributed by atoms with Gasteiger partial charge in [0.1, 0.15) is 0 Å². The lowest BCUT2D eigenvalue weighted by atomic mass is 10.0. The minimum atomic E-state index is -1.16. The summed E-state index contributed by atoms with van der Waals surface area (Å²) in [5, 5.41) is 3.97. The van der Waals surface area contributed by atoms with E-state index in [0.717, 1.165) is 0 Å². The van der Waals surface area contributed by atoms with Crippen molar-refractivity contribution in [3.63, 3.8) is 0 Å². The molecule has 2 aromatic carbocycles. The second-order valence-electron chi connectivity index (χ2n) is 4.80. The summed E-state index contributed by atoms with van der Waals surface area (Å²) in [5.41, 5.74) is 2.60. The zero-order valence-corrected chi connectivity index (χ0v) is 14.1. The van der Waals surface area contributed by atoms with Crippen LogP contribution in [0.1, 0.15) is 17.3 Å². The van der Waals surface area contributed by atoms with E-state index < -0.39 is 23.2 Å². The van der Waals surface area contributed by atoms with Gasteiger partial charge in [-0.3, -0.25) is 15.0 Å². The summed E-state index contributed by atoms with van der Waals surface area (Å²) >= 11 is 6.00. The van der Waals surface area contributed by atoms with Crippen LogP contribution >= 0.6 is 11.6 Å². The Morgan fingerprint density at radius 2 is 1.68 bits per heavy atom. The highest BCUT2D eigenvalue weighted by atomic mass is 35.5. The van der Waals surface area contributed by atoms with E-state index in [9.17, 15) is 14.4 Å². The molecule has 0 aliphatic heterocycles. The molecule has 0 saturated heterocycles. The van der Waals surface area contributed by atoms with E-state index in [1.54, 1.807) is 49.4 Å². The molecule has 1 N–H and O–H groups in total. The molecule has 0 atom stereocenters. The summed E-state index contributed by atoms with van der Waals surface area (Å²) in [6.07, 6.45) is 0. The highest BCUT2D eigenvalue weighted by Gasteiger charge is 2.30. The number of rotatable bonds is 7. The van der Waals surface area contributed by atoms with Gasteiger partial charge in [0.25, 0.3) is 5.78 Å². The van der Waals surface area contributed by atoms with Crippen molar-refractivity contribution < 1.29 is 19.1 Å². The smallest absolute Gasteiger partial charge is 0.381 e. The van der Waals surface area contributed by atoms with E-state index in [4.69, 9.17) is 11.6 Å². The topological polar surface area (TPSA) is 84.8 Å². The predicted octanol–water partition coefficient (Wildman–Crippen LogP) is 3.12. The van der Waals surface area contributed by atoms with Crippen LogP contribution < -0.4 is 5.43 Å². The minimum Gasteiger partial charge on any atom is -0.460 e. The number of hydrazone groups is 1. The lowest BCUT2D eigenvalue weighted by Crippen LogP contribution is -2.33. The van der Waals surface area contributed by atoms with Crippen molar-refractivity contribution in [1.82, 2.24) is 0 Å². The minimum absolute atomic E-state index is 0.00422. The zero-order valence-electron chi connectivity index (χ0n) is 13.4. The van der Waals surface area contributed by atoms with Gasteiger partial charge in [0, 0.05) is 5.56 Å². The molecule has 6 nitrogen and oxygen atoms in total. The number of hydrogen-bond donors (Lipinski definition) is 1. The Bertz CT molecular complexity index is 819. The molecule has 0 aliphatic rings. The summed E-state index contributed by atoms with van der Waals surface area (Å²) in [7, 11) is 0. The summed E-state index contributed by atoms with van der Waals surface area (Å²) < 4.78 is 4.67. The maximum atomic E-state index is 12.7. The maximum absolute atomic E-state index is 12.7. The van der Waals surface area contributed by atoms with Gasteiger partial charge in [-0.1, -0.05) is 41.9 Å². The molecule has 0 aliphatic carbocycles. The van der Waals surface area contributed by atoms with Gasteiger partial charge in [-0.15, -0.1) is 0 Å². The quantitative estimate of drug-likeness (QED) is 0.205. The first-order chi connectivity index (χ1) is 12.0. The SMILES string of the molecule is CCOC(=O)C(=O)C(=NNc1ccccc1)C(=O)c1ccccc1Cl. The third-order valence-electron chi connectivity index (χ3n) is 3.08. The number of hydrogen-bond acceptors (Lipinski definition) is 6. The van der Waals surface area contributed by atoms with Crippen molar-refractivity contribution in [2.45, 2.75) is 6.92 Å². The molecule has 2 rings (SSSR count). The third kappa shape index (κ3) is 4.74. The van der Waals surface area contributed by atoms with E-state index >= 15 is 0 Å². The Hall–Kier alpha value is -2.99. The lowest BCUT2D eigenvalue weighted by Gasteiger charge is -2.07. The number of benzene rings is 2. The number of halogens is 1. The number of nitrogens with one attached hydrogen (secondary N) is 1. The van der Waals surface area contributed by atoms with Gasteiger partial charge >= 0.3 is 5.97 Å². The summed E-state index contributed by atoms with van der Waals surface area (Å²) in [5.74, 6) is -3.07. The highest BCUT2D eigenvalue weighted by molar-refractivity contribution is 6.81. The fraction of sp³-hybridized carbons (Fsp3) is 0.111. The van der Waals surface area contributed by atoms with Crippen molar-refractivity contribution in [2.75, 3.05) is 12.0 Å². The number of carbonyl (C=O) groups is 3. The molecular formula is C18H15ClN2O4. The standard InChI is InChI=1S/C18H15ClN2O4/c1-2-25-18(24)17(23)15(21-20-12-8-4-3-5-9-12)16(22)13-10-6-7-11-14(13)19/h3-11,20H,2H2,1H3. The van der Waals surface area contributed by atoms with Crippen molar-refractivity contribution in [1.29, 1.82) is 0 Å². The summed E-state index contributed by atoms with van der Waals surface area (Å²) in [6.45, 7) is 1.56. The fourth-order valence-corrected chi connectivity index (χ4v) is 2.13. The first kappa shape index (κ1) is 18.4. The van der Waals surface area contributed by atoms with Gasteiger partial charge in [0.05, 0.1) is 17.3 Å². The normalized spacial score (nSPS) is 10.9. The first-order valence-corrected chi connectivity index (χ1v) is 7.81. The first-order valence-electron chi connectivity index (χ1n) is 7.44. The Morgan fingerprint density at radius 3 is 2.32 bits per heavy atom. The van der Waals surface area contributed by atoms with Gasteiger partial charge in [-0.2, -0.15) is 5.10 Å². The summed E-state index contributed by atoms with van der Waals surface area (Å²) in [4.78, 5) is 36.7. The maximum Gasteiger partial charge on any atom is 0.381 e. The van der Waals surface area contributed by atoms with Crippen LogP contribution in [0.2, 0.25) is 5.02 Å². The molecule has 0 saturated carbocycles. The molecule has 0 heterocycles. The molecule has 0 unspecified atom stereocenters. The molecule has 0 radical (unpaired) electrons. The molecule has 0 aromatic heterocycles. The van der Waals surface area contributed by atoms with E-state index in [0.29, 0.717) is 5.69 Å². The molecule has 128 valence electrons. The van der Waals surface area contributed by atoms with E-state index in [-0.39, 0.29) is 17.2 Å². The molecule has 0 amide bonds. The largest absolute Gasteiger partial charge is 0.460 e. The van der Waals surface area contributed by atoms with Crippen LogP contribution in [-0.2, 0) is 14.3 Å². The van der Waals surface area contributed by atoms with Crippen molar-refractivity contribution in [2.24, 2.45) is 5.10 Å². The number of para-hydroxylation sites is 1. The molecule has 2 aromatic rings. The summed E-state index contributed by atoms with van der Waals surface area (Å²) in [6, 6.07) is 14.9. The Labute approximate surface area is 149 Å². The van der Waals surface area contributed by atoms with E-state index in [2.05, 4.69) is 15.3 Å². The number of Topliss-reactive ketones (excluding diaryl/α,β-unsaturated/α-hetero) is 2. The number of anilines is 1. The molecule has 0 fully saturated rings. The zero-order chi connectivity index (χ0) is 18.2. The number of ketones is 2. The molecule has 0 spiro atoms. The molecule has 0 bridgehead atoms. The third-order valence-corrected chi connectivity index (χ3v) is 3.41. The van der Waals surface area contributed by atoms with Gasteiger partial charge in [-0.25, -0.2) is 4.79 Å². The number of carbonyl (C=O) groups excluding carboxylic acids is 3. The van der Waals surface area contributed by atoms with E-state index in [1.165, 1.54) is 12.1 Å². The van der Waals surface area contributed by atoms with Crippen LogP contribution in [0.5, 0.6) is 0 Å². The van der Waals surface area contributed by atoms with Gasteiger partial charge in [-0.05, 0) is 31.2 Å². The number of nitrogens with zero attached hydrogens (tertiary/aromatic N) is 1. The second-order valence-corrected chi connectivity index (χ2v) is 5.20. The Morgan fingerprint density at radius 1 is 1.04 bits per heavy atom. The number of ether oxygens (including phenoxy) is 1. The molecule has 25 heavy (non-hydrogen) atoms. The van der Waals surface area contributed by atoms with Gasteiger partial charge < -0.3 is 4.74 Å². The van der Waals surface area contributed by atoms with Gasteiger partial charge in [0.15, 0.2) is 5.71 Å². The highest BCUT2D eigenvalue weighted by Crippen LogP contribution is 2.17. The average molecular weight is 359 g/mol. The van der Waals surface area contributed by atoms with Crippen molar-refractivity contribution in [3.05, 3.63) is 65.2 Å². The lowest BCUT2D eigenvalue weighted by molar-refractivity contribution is -0.150. The average Bonchev–Trinajstić information content (AvgIpc) is 2.63. The van der Waals surface area contributed by atoms with Gasteiger partial charge in [0.2, 0.25) is 5.78 Å². The molecular weight excluding hydrogens is 344 g/mol. The van der Waals surface area contributed by atoms with Crippen LogP contribution in [0.25, 0.3) is 0 Å². The fourth-order valence-electron chi connectivity index (χ4n) is 1.90. The van der Waals surface area contributed by atoms with E-state index in [1.807, 2.05) is 0 Å². The number of esters is 1. The monoisotopic (exact) mass is 358 g/mol. The van der Waals surface area contributed by atoms with Crippen LogP contribution in [-0.4, -0.2) is 29.9 Å². The Kier molecular flexibility index (Phi) is 6.42. The van der Waals surface area contributed by atoms with Crippen molar-refractivity contribution >= 4 is 40.5 Å². The van der Waals surface area contributed by atoms with Crippen LogP contribution in [0.15, 0.2) is 59.7 Å². The van der Waals surface area contributed by atoms with Crippen LogP contribution in [0, 0.1) is 0 Å². The predicted molar refractivity (Wildman–Crippen MR) is 94.9 cm³/mol. The van der Waals surface area contributed by atoms with Crippen LogP contribution in [0.4, 0.5) is 5.69 Å². The van der Waals surface area contributed by atoms with Crippen molar-refractivity contribution in [3.8, 4) is 0 Å². The second kappa shape index (κ2) is 8.75. The molecule has 7 heteroatoms. The Balaban J connectivity index is 2.38.